The van der Waals surface area contributed by atoms with E-state index in [0.717, 1.165) is 54.8 Å². The first kappa shape index (κ1) is 24.7. The number of likely N-dealkylation sites (tertiary alicyclic amines) is 1. The number of hydrogen-bond acceptors (Lipinski definition) is 7. The maximum Gasteiger partial charge on any atom is 0.337 e. The maximum absolute atomic E-state index is 12.8. The summed E-state index contributed by atoms with van der Waals surface area (Å²) in [6.07, 6.45) is 4.18. The number of urea groups is 2. The third kappa shape index (κ3) is 5.31. The third-order valence-electron chi connectivity index (χ3n) is 7.12. The largest absolute Gasteiger partial charge is 0.466 e. The Labute approximate surface area is 204 Å². The molecule has 2 aliphatic heterocycles. The summed E-state index contributed by atoms with van der Waals surface area (Å²) in [6.45, 7) is 1.31. The molecule has 2 N–H and O–H groups in total. The van der Waals surface area contributed by atoms with Crippen LogP contribution < -0.4 is 10.6 Å². The standard InChI is InChI=1S/C25H31N5O5/c1-34-15-22-21(23(31)35-2)14-30(25(33)28-22)24(32)27-18-12-29(13-18)19-9-7-16(8-10-19)20-6-4-3-5-17(20)11-26/h3-6,16,18-19H,7-10,12-15H2,1-2H3,(H,27,32)(H,28,33). The SMILES string of the molecule is COCC1=C(C(=O)OC)CN(C(=O)NC2CN(C3CCC(c4ccccc4C#N)CC3)C2)C(=O)N1. The Morgan fingerprint density at radius 3 is 2.54 bits per heavy atom. The van der Waals surface area contributed by atoms with E-state index in [1.54, 1.807) is 0 Å². The average Bonchev–Trinajstić information content (AvgIpc) is 2.85. The third-order valence-corrected chi connectivity index (χ3v) is 7.12. The van der Waals surface area contributed by atoms with Gasteiger partial charge >= 0.3 is 18.0 Å². The molecule has 1 saturated carbocycles. The van der Waals surface area contributed by atoms with Crippen LogP contribution in [-0.2, 0) is 14.3 Å². The summed E-state index contributed by atoms with van der Waals surface area (Å²) in [7, 11) is 2.70. The smallest absolute Gasteiger partial charge is 0.337 e. The number of imide groups is 1. The van der Waals surface area contributed by atoms with Gasteiger partial charge in [0, 0.05) is 26.2 Å². The summed E-state index contributed by atoms with van der Waals surface area (Å²) in [5.74, 6) is -0.200. The van der Waals surface area contributed by atoms with Crippen LogP contribution in [0.15, 0.2) is 35.5 Å². The van der Waals surface area contributed by atoms with Gasteiger partial charge in [0.2, 0.25) is 0 Å². The van der Waals surface area contributed by atoms with E-state index in [1.807, 2.05) is 18.2 Å². The molecule has 1 aromatic carbocycles. The molecule has 10 nitrogen and oxygen atoms in total. The second kappa shape index (κ2) is 10.9. The molecule has 3 aliphatic rings. The van der Waals surface area contributed by atoms with Crippen LogP contribution in [0.2, 0.25) is 0 Å². The number of rotatable bonds is 6. The lowest BCUT2D eigenvalue weighted by Crippen LogP contribution is -2.65. The van der Waals surface area contributed by atoms with Gasteiger partial charge in [0.25, 0.3) is 0 Å². The summed E-state index contributed by atoms with van der Waals surface area (Å²) in [4.78, 5) is 40.7. The number of carbonyl (C=O) groups excluding carboxylic acids is 3. The molecule has 0 radical (unpaired) electrons. The fraction of sp³-hybridized carbons (Fsp3) is 0.520. The number of carbonyl (C=O) groups is 3. The molecule has 1 aromatic rings. The number of methoxy groups -OCH3 is 2. The minimum absolute atomic E-state index is 0.0353. The molecule has 35 heavy (non-hydrogen) atoms. The van der Waals surface area contributed by atoms with Crippen LogP contribution in [0.4, 0.5) is 9.59 Å². The zero-order valence-corrected chi connectivity index (χ0v) is 20.1. The number of nitrogens with one attached hydrogen (secondary N) is 2. The summed E-state index contributed by atoms with van der Waals surface area (Å²) in [5.41, 5.74) is 2.41. The molecule has 2 fully saturated rings. The van der Waals surface area contributed by atoms with Gasteiger partial charge in [-0.3, -0.25) is 4.90 Å². The maximum atomic E-state index is 12.8. The van der Waals surface area contributed by atoms with Crippen LogP contribution in [0.3, 0.4) is 0 Å². The van der Waals surface area contributed by atoms with E-state index >= 15 is 0 Å². The Morgan fingerprint density at radius 2 is 1.89 bits per heavy atom. The molecule has 4 amide bonds. The van der Waals surface area contributed by atoms with Crippen molar-refractivity contribution in [2.45, 2.75) is 43.7 Å². The molecule has 0 unspecified atom stereocenters. The average molecular weight is 482 g/mol. The number of benzene rings is 1. The highest BCUT2D eigenvalue weighted by Crippen LogP contribution is 2.37. The molecule has 1 aliphatic carbocycles. The highest BCUT2D eigenvalue weighted by molar-refractivity contribution is 6.00. The van der Waals surface area contributed by atoms with Crippen molar-refractivity contribution in [2.75, 3.05) is 40.5 Å². The lowest BCUT2D eigenvalue weighted by atomic mass is 9.79. The van der Waals surface area contributed by atoms with Crippen LogP contribution in [-0.4, -0.2) is 80.4 Å². The molecule has 0 bridgehead atoms. The van der Waals surface area contributed by atoms with Gasteiger partial charge < -0.3 is 20.1 Å². The van der Waals surface area contributed by atoms with Crippen molar-refractivity contribution in [3.8, 4) is 6.07 Å². The van der Waals surface area contributed by atoms with Crippen molar-refractivity contribution >= 4 is 18.0 Å². The predicted molar refractivity (Wildman–Crippen MR) is 126 cm³/mol. The normalized spacial score (nSPS) is 23.2. The fourth-order valence-electron chi connectivity index (χ4n) is 5.20. The number of ether oxygens (including phenoxy) is 2. The zero-order valence-electron chi connectivity index (χ0n) is 20.1. The summed E-state index contributed by atoms with van der Waals surface area (Å²) < 4.78 is 9.82. The second-order valence-corrected chi connectivity index (χ2v) is 9.20. The van der Waals surface area contributed by atoms with Gasteiger partial charge in [-0.25, -0.2) is 19.3 Å². The van der Waals surface area contributed by atoms with Gasteiger partial charge in [0.15, 0.2) is 0 Å². The number of esters is 1. The molecular formula is C25H31N5O5. The first-order chi connectivity index (χ1) is 16.9. The van der Waals surface area contributed by atoms with E-state index in [4.69, 9.17) is 9.47 Å². The molecule has 2 heterocycles. The molecule has 186 valence electrons. The number of nitrogens with zero attached hydrogens (tertiary/aromatic N) is 3. The van der Waals surface area contributed by atoms with E-state index in [0.29, 0.717) is 17.7 Å². The van der Waals surface area contributed by atoms with Crippen molar-refractivity contribution in [1.29, 1.82) is 5.26 Å². The van der Waals surface area contributed by atoms with Crippen LogP contribution in [0.5, 0.6) is 0 Å². The van der Waals surface area contributed by atoms with Crippen molar-refractivity contribution in [3.63, 3.8) is 0 Å². The van der Waals surface area contributed by atoms with Crippen molar-refractivity contribution in [2.24, 2.45) is 0 Å². The molecule has 10 heteroatoms. The molecule has 0 spiro atoms. The lowest BCUT2D eigenvalue weighted by Gasteiger charge is -2.47. The topological polar surface area (TPSA) is 124 Å². The number of amides is 4. The zero-order chi connectivity index (χ0) is 24.9. The highest BCUT2D eigenvalue weighted by atomic mass is 16.5. The monoisotopic (exact) mass is 481 g/mol. The second-order valence-electron chi connectivity index (χ2n) is 9.20. The Bertz CT molecular complexity index is 1050. The molecule has 4 rings (SSSR count). The highest BCUT2D eigenvalue weighted by Gasteiger charge is 2.38. The first-order valence-corrected chi connectivity index (χ1v) is 11.9. The summed E-state index contributed by atoms with van der Waals surface area (Å²) >= 11 is 0. The Balaban J connectivity index is 1.26. The van der Waals surface area contributed by atoms with E-state index in [9.17, 15) is 19.6 Å². The summed E-state index contributed by atoms with van der Waals surface area (Å²) in [5, 5.41) is 14.8. The fourth-order valence-corrected chi connectivity index (χ4v) is 5.20. The van der Waals surface area contributed by atoms with Gasteiger partial charge in [-0.05, 0) is 43.2 Å². The van der Waals surface area contributed by atoms with Crippen LogP contribution in [0.1, 0.15) is 42.7 Å². The molecule has 1 saturated heterocycles. The van der Waals surface area contributed by atoms with Crippen LogP contribution >= 0.6 is 0 Å². The van der Waals surface area contributed by atoms with Crippen molar-refractivity contribution < 1.29 is 23.9 Å². The Hall–Kier alpha value is -3.42. The summed E-state index contributed by atoms with van der Waals surface area (Å²) in [6, 6.07) is 9.41. The number of nitriles is 1. The Kier molecular flexibility index (Phi) is 7.68. The first-order valence-electron chi connectivity index (χ1n) is 11.9. The van der Waals surface area contributed by atoms with E-state index in [1.165, 1.54) is 14.2 Å². The minimum atomic E-state index is -0.613. The van der Waals surface area contributed by atoms with Crippen molar-refractivity contribution in [3.05, 3.63) is 46.7 Å². The van der Waals surface area contributed by atoms with E-state index < -0.39 is 18.0 Å². The van der Waals surface area contributed by atoms with E-state index in [-0.39, 0.29) is 24.8 Å². The van der Waals surface area contributed by atoms with Gasteiger partial charge in [-0.1, -0.05) is 18.2 Å². The van der Waals surface area contributed by atoms with Crippen LogP contribution in [0, 0.1) is 11.3 Å². The van der Waals surface area contributed by atoms with Gasteiger partial charge in [0.1, 0.15) is 0 Å². The van der Waals surface area contributed by atoms with Crippen molar-refractivity contribution in [1.82, 2.24) is 20.4 Å². The van der Waals surface area contributed by atoms with Gasteiger partial charge in [-0.2, -0.15) is 5.26 Å². The molecule has 0 aromatic heterocycles. The van der Waals surface area contributed by atoms with Gasteiger partial charge in [0.05, 0.1) is 49.2 Å². The van der Waals surface area contributed by atoms with Crippen LogP contribution in [0.25, 0.3) is 0 Å². The lowest BCUT2D eigenvalue weighted by molar-refractivity contribution is -0.136. The minimum Gasteiger partial charge on any atom is -0.466 e. The Morgan fingerprint density at radius 1 is 1.17 bits per heavy atom. The quantitative estimate of drug-likeness (QED) is 0.596. The van der Waals surface area contributed by atoms with Gasteiger partial charge in [-0.15, -0.1) is 0 Å². The predicted octanol–water partition coefficient (Wildman–Crippen LogP) is 2.08. The molecule has 0 atom stereocenters. The molecular weight excluding hydrogens is 450 g/mol. The number of hydrogen-bond donors (Lipinski definition) is 2. The van der Waals surface area contributed by atoms with E-state index in [2.05, 4.69) is 27.7 Å².